The molecule has 24 heavy (non-hydrogen) atoms. The van der Waals surface area contributed by atoms with Gasteiger partial charge in [-0.15, -0.1) is 0 Å². The minimum absolute atomic E-state index is 0.544. The van der Waals surface area contributed by atoms with Crippen LogP contribution in [0.2, 0.25) is 24.2 Å². The van der Waals surface area contributed by atoms with Crippen molar-refractivity contribution in [2.24, 2.45) is 0 Å². The third-order valence-electron chi connectivity index (χ3n) is 4.84. The molecule has 0 fully saturated rings. The molecule has 0 aromatic carbocycles. The maximum Gasteiger partial charge on any atom is 0.0728 e. The van der Waals surface area contributed by atoms with Gasteiger partial charge in [0.25, 0.3) is 0 Å². The first-order valence-electron chi connectivity index (χ1n) is 9.98. The smallest absolute Gasteiger partial charge is 0.0728 e. The van der Waals surface area contributed by atoms with Crippen LogP contribution in [0, 0.1) is 0 Å². The Morgan fingerprint density at radius 2 is 0.917 bits per heavy atom. The van der Waals surface area contributed by atoms with E-state index in [-0.39, 0.29) is 0 Å². The van der Waals surface area contributed by atoms with Crippen LogP contribution in [0.5, 0.6) is 0 Å². The Morgan fingerprint density at radius 1 is 0.625 bits per heavy atom. The summed E-state index contributed by atoms with van der Waals surface area (Å²) < 4.78 is 11.8. The van der Waals surface area contributed by atoms with Gasteiger partial charge in [-0.2, -0.15) is 0 Å². The quantitative estimate of drug-likeness (QED) is 0.177. The predicted octanol–water partition coefficient (Wildman–Crippen LogP) is 5.57. The summed E-state index contributed by atoms with van der Waals surface area (Å²) in [7, 11) is 6.42. The SMILES string of the molecule is CCC[SiH](CCC)C(CSSCC(OC)[SiH](CCC)CCC)OC. The fourth-order valence-electron chi connectivity index (χ4n) is 3.54. The molecule has 0 N–H and O–H groups in total. The van der Waals surface area contributed by atoms with Crippen molar-refractivity contribution in [3.63, 3.8) is 0 Å². The van der Waals surface area contributed by atoms with Crippen LogP contribution >= 0.6 is 21.6 Å². The lowest BCUT2D eigenvalue weighted by Crippen LogP contribution is -2.35. The molecule has 0 saturated heterocycles. The Kier molecular flexibility index (Phi) is 18.2. The number of hydrogen-bond donors (Lipinski definition) is 0. The topological polar surface area (TPSA) is 18.5 Å². The van der Waals surface area contributed by atoms with Gasteiger partial charge in [0.2, 0.25) is 0 Å². The van der Waals surface area contributed by atoms with E-state index in [0.29, 0.717) is 11.5 Å². The summed E-state index contributed by atoms with van der Waals surface area (Å²) in [6, 6.07) is 5.72. The molecule has 0 bridgehead atoms. The highest BCUT2D eigenvalue weighted by Gasteiger charge is 2.24. The first kappa shape index (κ1) is 25.1. The van der Waals surface area contributed by atoms with E-state index in [4.69, 9.17) is 9.47 Å². The molecule has 2 atom stereocenters. The maximum absolute atomic E-state index is 5.88. The van der Waals surface area contributed by atoms with Crippen LogP contribution in [0.4, 0.5) is 0 Å². The van der Waals surface area contributed by atoms with Gasteiger partial charge in [0.05, 0.1) is 29.0 Å². The normalized spacial score (nSPS) is 14.5. The fraction of sp³-hybridized carbons (Fsp3) is 1.00. The number of methoxy groups -OCH3 is 2. The molecule has 0 radical (unpaired) electrons. The van der Waals surface area contributed by atoms with Gasteiger partial charge in [-0.25, -0.2) is 0 Å². The summed E-state index contributed by atoms with van der Waals surface area (Å²) in [6.45, 7) is 9.28. The molecule has 2 unspecified atom stereocenters. The highest BCUT2D eigenvalue weighted by Crippen LogP contribution is 2.28. The van der Waals surface area contributed by atoms with Gasteiger partial charge in [-0.3, -0.25) is 0 Å². The van der Waals surface area contributed by atoms with E-state index >= 15 is 0 Å². The maximum atomic E-state index is 5.88. The summed E-state index contributed by atoms with van der Waals surface area (Å²) in [6.07, 6.45) is 5.28. The van der Waals surface area contributed by atoms with Gasteiger partial charge in [0.1, 0.15) is 0 Å². The molecule has 0 saturated carbocycles. The van der Waals surface area contributed by atoms with Crippen molar-refractivity contribution in [2.45, 2.75) is 89.0 Å². The van der Waals surface area contributed by atoms with Crippen molar-refractivity contribution >= 4 is 39.2 Å². The average molecular weight is 411 g/mol. The van der Waals surface area contributed by atoms with Gasteiger partial charge >= 0.3 is 0 Å². The second kappa shape index (κ2) is 17.5. The van der Waals surface area contributed by atoms with Gasteiger partial charge in [0, 0.05) is 25.7 Å². The summed E-state index contributed by atoms with van der Waals surface area (Å²) in [5.41, 5.74) is 1.09. The van der Waals surface area contributed by atoms with Crippen LogP contribution in [-0.2, 0) is 9.47 Å². The third kappa shape index (κ3) is 10.9. The second-order valence-electron chi connectivity index (χ2n) is 6.79. The molecule has 0 aliphatic heterocycles. The highest BCUT2D eigenvalue weighted by atomic mass is 33.1. The lowest BCUT2D eigenvalue weighted by atomic mass is 10.6. The molecular formula is C18H42O2S2Si2. The summed E-state index contributed by atoms with van der Waals surface area (Å²) >= 11 is 0. The summed E-state index contributed by atoms with van der Waals surface area (Å²) in [4.78, 5) is 0. The largest absolute Gasteiger partial charge is 0.384 e. The zero-order chi connectivity index (χ0) is 18.2. The molecule has 0 aliphatic rings. The van der Waals surface area contributed by atoms with Crippen molar-refractivity contribution in [3.8, 4) is 0 Å². The standard InChI is InChI=1S/C18H42O2S2Si2/c1-7-11-23(12-8-2)17(19-5)15-21-22-16-18(20-6)24(13-9-3)14-10-4/h17-18,23-24H,7-16H2,1-6H3. The molecule has 0 spiro atoms. The zero-order valence-electron chi connectivity index (χ0n) is 17.0. The van der Waals surface area contributed by atoms with Crippen LogP contribution in [0.1, 0.15) is 53.4 Å². The predicted molar refractivity (Wildman–Crippen MR) is 121 cm³/mol. The van der Waals surface area contributed by atoms with E-state index in [1.807, 2.05) is 35.8 Å². The average Bonchev–Trinajstić information content (AvgIpc) is 2.58. The molecular weight excluding hydrogens is 369 g/mol. The monoisotopic (exact) mass is 410 g/mol. The first-order valence-corrected chi connectivity index (χ1v) is 17.1. The van der Waals surface area contributed by atoms with Gasteiger partial charge < -0.3 is 9.47 Å². The number of hydrogen-bond acceptors (Lipinski definition) is 4. The Balaban J connectivity index is 4.29. The van der Waals surface area contributed by atoms with E-state index in [0.717, 1.165) is 0 Å². The number of ether oxygens (including phenoxy) is 2. The van der Waals surface area contributed by atoms with E-state index < -0.39 is 17.6 Å². The first-order chi connectivity index (χ1) is 11.7. The van der Waals surface area contributed by atoms with Gasteiger partial charge in [-0.1, -0.05) is 99.1 Å². The molecule has 0 rings (SSSR count). The van der Waals surface area contributed by atoms with Crippen molar-refractivity contribution in [1.82, 2.24) is 0 Å². The lowest BCUT2D eigenvalue weighted by molar-refractivity contribution is 0.177. The van der Waals surface area contributed by atoms with Crippen LogP contribution in [0.15, 0.2) is 0 Å². The van der Waals surface area contributed by atoms with Crippen LogP contribution in [-0.4, -0.2) is 54.8 Å². The van der Waals surface area contributed by atoms with Crippen LogP contribution < -0.4 is 0 Å². The van der Waals surface area contributed by atoms with E-state index in [1.54, 1.807) is 0 Å². The Bertz CT molecular complexity index is 235. The molecule has 0 heterocycles. The minimum atomic E-state index is -0.744. The molecule has 0 aromatic rings. The third-order valence-corrected chi connectivity index (χ3v) is 16.3. The van der Waals surface area contributed by atoms with Crippen LogP contribution in [0.3, 0.4) is 0 Å². The van der Waals surface area contributed by atoms with Crippen molar-refractivity contribution in [1.29, 1.82) is 0 Å². The molecule has 2 nitrogen and oxygen atoms in total. The molecule has 0 aliphatic carbocycles. The molecule has 0 aromatic heterocycles. The molecule has 6 heteroatoms. The second-order valence-corrected chi connectivity index (χ2v) is 16.2. The molecule has 146 valence electrons. The van der Waals surface area contributed by atoms with Crippen molar-refractivity contribution in [3.05, 3.63) is 0 Å². The van der Waals surface area contributed by atoms with Gasteiger partial charge in [-0.05, 0) is 0 Å². The minimum Gasteiger partial charge on any atom is -0.384 e. The summed E-state index contributed by atoms with van der Waals surface area (Å²) in [5.74, 6) is 2.34. The van der Waals surface area contributed by atoms with E-state index in [1.165, 1.54) is 61.4 Å². The zero-order valence-corrected chi connectivity index (χ0v) is 21.0. The highest BCUT2D eigenvalue weighted by molar-refractivity contribution is 8.76. The Morgan fingerprint density at radius 3 is 1.12 bits per heavy atom. The van der Waals surface area contributed by atoms with E-state index in [9.17, 15) is 0 Å². The number of rotatable bonds is 17. The lowest BCUT2D eigenvalue weighted by Gasteiger charge is -2.25. The van der Waals surface area contributed by atoms with E-state index in [2.05, 4.69) is 27.7 Å². The van der Waals surface area contributed by atoms with Crippen molar-refractivity contribution in [2.75, 3.05) is 25.7 Å². The summed E-state index contributed by atoms with van der Waals surface area (Å²) in [5, 5.41) is 0. The Hall–Kier alpha value is 1.05. The fourth-order valence-corrected chi connectivity index (χ4v) is 15.0. The van der Waals surface area contributed by atoms with Crippen LogP contribution in [0.25, 0.3) is 0 Å². The molecule has 0 amide bonds. The van der Waals surface area contributed by atoms with Crippen molar-refractivity contribution < 1.29 is 9.47 Å². The Labute approximate surface area is 163 Å². The van der Waals surface area contributed by atoms with Gasteiger partial charge in [0.15, 0.2) is 0 Å².